The van der Waals surface area contributed by atoms with E-state index in [1.807, 2.05) is 7.05 Å². The second-order valence-corrected chi connectivity index (χ2v) is 2.85. The van der Waals surface area contributed by atoms with Gasteiger partial charge in [0.2, 0.25) is 0 Å². The molecule has 0 bridgehead atoms. The molecule has 68 valence electrons. The van der Waals surface area contributed by atoms with E-state index in [4.69, 9.17) is 5.73 Å². The third-order valence-electron chi connectivity index (χ3n) is 2.24. The van der Waals surface area contributed by atoms with Crippen molar-refractivity contribution < 1.29 is 5.32 Å². The lowest BCUT2D eigenvalue weighted by atomic mass is 10.0. The molecule has 11 heavy (non-hydrogen) atoms. The molecule has 0 aliphatic heterocycles. The minimum atomic E-state index is 0.601. The van der Waals surface area contributed by atoms with Crippen molar-refractivity contribution in [3.05, 3.63) is 0 Å². The number of hydrogen-bond acceptors (Lipinski definition) is 2. The fourth-order valence-corrected chi connectivity index (χ4v) is 1.51. The summed E-state index contributed by atoms with van der Waals surface area (Å²) in [4.78, 5) is 0. The van der Waals surface area contributed by atoms with Crippen molar-refractivity contribution in [1.82, 2.24) is 5.32 Å². The van der Waals surface area contributed by atoms with Gasteiger partial charge in [-0.2, -0.15) is 0 Å². The topological polar surface area (TPSA) is 54.7 Å². The molecule has 0 aliphatic rings. The molecule has 0 radical (unpaired) electrons. The highest BCUT2D eigenvalue weighted by atomic mass is 15.0. The SMILES string of the molecule is CCC(NC)C(CC)[NH2+]CN. The van der Waals surface area contributed by atoms with Gasteiger partial charge in [-0.3, -0.25) is 5.73 Å². The third kappa shape index (κ3) is 3.70. The van der Waals surface area contributed by atoms with E-state index in [-0.39, 0.29) is 0 Å². The van der Waals surface area contributed by atoms with Crippen molar-refractivity contribution in [1.29, 1.82) is 0 Å². The van der Waals surface area contributed by atoms with Gasteiger partial charge in [0, 0.05) is 0 Å². The Hall–Kier alpha value is -0.120. The molecule has 0 heterocycles. The van der Waals surface area contributed by atoms with Crippen molar-refractivity contribution in [3.63, 3.8) is 0 Å². The number of likely N-dealkylation sites (N-methyl/N-ethyl adjacent to an activating group) is 1. The van der Waals surface area contributed by atoms with E-state index in [2.05, 4.69) is 24.5 Å². The van der Waals surface area contributed by atoms with Gasteiger partial charge in [0.05, 0.1) is 6.04 Å². The average Bonchev–Trinajstić information content (AvgIpc) is 2.05. The molecule has 0 aromatic carbocycles. The van der Waals surface area contributed by atoms with Crippen molar-refractivity contribution in [2.75, 3.05) is 13.7 Å². The van der Waals surface area contributed by atoms with Gasteiger partial charge in [-0.1, -0.05) is 13.8 Å². The van der Waals surface area contributed by atoms with Gasteiger partial charge < -0.3 is 10.6 Å². The molecule has 5 N–H and O–H groups in total. The molecule has 0 saturated heterocycles. The lowest BCUT2D eigenvalue weighted by Gasteiger charge is -2.21. The Bertz CT molecular complexity index is 81.4. The molecule has 0 fully saturated rings. The highest BCUT2D eigenvalue weighted by Crippen LogP contribution is 1.97. The summed E-state index contributed by atoms with van der Waals surface area (Å²) < 4.78 is 0. The lowest BCUT2D eigenvalue weighted by Crippen LogP contribution is -2.94. The standard InChI is InChI=1S/C8H21N3/c1-4-7(10-3)8(5-2)11-6-9/h7-8,10-11H,4-6,9H2,1-3H3/p+1. The molecule has 2 atom stereocenters. The summed E-state index contributed by atoms with van der Waals surface area (Å²) in [5.41, 5.74) is 5.47. The van der Waals surface area contributed by atoms with E-state index >= 15 is 0 Å². The molecule has 0 rings (SSSR count). The van der Waals surface area contributed by atoms with Crippen LogP contribution in [0.1, 0.15) is 26.7 Å². The summed E-state index contributed by atoms with van der Waals surface area (Å²) in [5, 5.41) is 5.50. The maximum Gasteiger partial charge on any atom is 0.127 e. The van der Waals surface area contributed by atoms with Crippen LogP contribution in [-0.4, -0.2) is 25.8 Å². The summed E-state index contributed by atoms with van der Waals surface area (Å²) >= 11 is 0. The van der Waals surface area contributed by atoms with Crippen LogP contribution < -0.4 is 16.4 Å². The van der Waals surface area contributed by atoms with E-state index in [1.54, 1.807) is 0 Å². The predicted molar refractivity (Wildman–Crippen MR) is 48.2 cm³/mol. The zero-order valence-corrected chi connectivity index (χ0v) is 7.93. The number of nitrogens with two attached hydrogens (primary N) is 2. The number of quaternary nitrogens is 1. The predicted octanol–water partition coefficient (Wildman–Crippen LogP) is -0.757. The Kier molecular flexibility index (Phi) is 6.51. The van der Waals surface area contributed by atoms with Gasteiger partial charge in [0.25, 0.3) is 0 Å². The van der Waals surface area contributed by atoms with Crippen LogP contribution in [0.4, 0.5) is 0 Å². The number of rotatable bonds is 6. The molecular weight excluding hydrogens is 138 g/mol. The first-order chi connectivity index (χ1) is 5.29. The van der Waals surface area contributed by atoms with Crippen molar-refractivity contribution in [2.45, 2.75) is 38.8 Å². The first-order valence-electron chi connectivity index (χ1n) is 4.50. The van der Waals surface area contributed by atoms with E-state index in [0.717, 1.165) is 0 Å². The van der Waals surface area contributed by atoms with Crippen molar-refractivity contribution in [3.8, 4) is 0 Å². The Labute approximate surface area is 69.7 Å². The zero-order valence-electron chi connectivity index (χ0n) is 7.93. The zero-order chi connectivity index (χ0) is 8.69. The van der Waals surface area contributed by atoms with Crippen LogP contribution in [0.3, 0.4) is 0 Å². The fourth-order valence-electron chi connectivity index (χ4n) is 1.51. The summed E-state index contributed by atoms with van der Waals surface area (Å²) in [6, 6.07) is 1.23. The number of hydrogen-bond donors (Lipinski definition) is 3. The van der Waals surface area contributed by atoms with Crippen LogP contribution in [0.2, 0.25) is 0 Å². The second kappa shape index (κ2) is 6.58. The molecule has 0 aromatic heterocycles. The molecule has 0 saturated carbocycles. The van der Waals surface area contributed by atoms with Crippen LogP contribution >= 0.6 is 0 Å². The summed E-state index contributed by atoms with van der Waals surface area (Å²) in [6.45, 7) is 5.10. The fraction of sp³-hybridized carbons (Fsp3) is 1.00. The maximum atomic E-state index is 5.47. The first kappa shape index (κ1) is 10.9. The monoisotopic (exact) mass is 160 g/mol. The largest absolute Gasteiger partial charge is 0.330 e. The van der Waals surface area contributed by atoms with Crippen LogP contribution in [0.5, 0.6) is 0 Å². The van der Waals surface area contributed by atoms with E-state index in [1.165, 1.54) is 12.8 Å². The molecule has 3 heteroatoms. The van der Waals surface area contributed by atoms with Gasteiger partial charge >= 0.3 is 0 Å². The van der Waals surface area contributed by atoms with Crippen LogP contribution in [-0.2, 0) is 0 Å². The maximum absolute atomic E-state index is 5.47. The molecule has 0 aliphatic carbocycles. The Morgan fingerprint density at radius 2 is 2.00 bits per heavy atom. The lowest BCUT2D eigenvalue weighted by molar-refractivity contribution is -0.691. The van der Waals surface area contributed by atoms with Crippen LogP contribution in [0, 0.1) is 0 Å². The smallest absolute Gasteiger partial charge is 0.127 e. The second-order valence-electron chi connectivity index (χ2n) is 2.85. The minimum Gasteiger partial charge on any atom is -0.330 e. The Morgan fingerprint density at radius 1 is 1.36 bits per heavy atom. The summed E-state index contributed by atoms with van der Waals surface area (Å²) in [7, 11) is 2.02. The molecule has 0 amide bonds. The molecule has 2 unspecified atom stereocenters. The van der Waals surface area contributed by atoms with E-state index in [0.29, 0.717) is 18.8 Å². The third-order valence-corrected chi connectivity index (χ3v) is 2.24. The Morgan fingerprint density at radius 3 is 2.27 bits per heavy atom. The van der Waals surface area contributed by atoms with Gasteiger partial charge in [0.1, 0.15) is 12.7 Å². The molecule has 0 aromatic rings. The first-order valence-corrected chi connectivity index (χ1v) is 4.50. The normalized spacial score (nSPS) is 16.4. The number of nitrogens with one attached hydrogen (secondary N) is 1. The highest BCUT2D eigenvalue weighted by Gasteiger charge is 2.17. The van der Waals surface area contributed by atoms with Crippen molar-refractivity contribution in [2.24, 2.45) is 5.73 Å². The van der Waals surface area contributed by atoms with Gasteiger partial charge in [-0.05, 0) is 19.9 Å². The minimum absolute atomic E-state index is 0.601. The van der Waals surface area contributed by atoms with Crippen LogP contribution in [0.15, 0.2) is 0 Å². The van der Waals surface area contributed by atoms with Crippen molar-refractivity contribution >= 4 is 0 Å². The summed E-state index contributed by atoms with van der Waals surface area (Å²) in [5.74, 6) is 0. The molecular formula is C8H22N3+. The molecule has 0 spiro atoms. The quantitative estimate of drug-likeness (QED) is 0.448. The van der Waals surface area contributed by atoms with E-state index < -0.39 is 0 Å². The van der Waals surface area contributed by atoms with E-state index in [9.17, 15) is 0 Å². The summed E-state index contributed by atoms with van der Waals surface area (Å²) in [6.07, 6.45) is 2.35. The highest BCUT2D eigenvalue weighted by molar-refractivity contribution is 4.69. The average molecular weight is 160 g/mol. The molecule has 3 nitrogen and oxygen atoms in total. The van der Waals surface area contributed by atoms with Gasteiger partial charge in [-0.15, -0.1) is 0 Å². The van der Waals surface area contributed by atoms with Gasteiger partial charge in [-0.25, -0.2) is 0 Å². The Balaban J connectivity index is 3.76. The van der Waals surface area contributed by atoms with Gasteiger partial charge in [0.15, 0.2) is 0 Å². The van der Waals surface area contributed by atoms with Crippen LogP contribution in [0.25, 0.3) is 0 Å².